The third-order valence-electron chi connectivity index (χ3n) is 9.58. The standard InChI is InChI=1S/C41H37N3O6S/c1-50-39(49)41(38(47)48,37(51)36-32-23-13-11-21-30(32)31-22-12-14-24-33(31)36)44(35(46)26-43-34(45)25-42)40(27-15-5-2-6-16-27,28-17-7-3-8-18-28)29-19-9-4-10-20-29/h2-24,36-37,51H,25-26,42H2,1H3,(H,43,45)(H,47,48)/t37-,41?/m0/s1. The van der Waals surface area contributed by atoms with E-state index >= 15 is 4.79 Å². The van der Waals surface area contributed by atoms with Crippen molar-refractivity contribution in [1.82, 2.24) is 10.2 Å². The van der Waals surface area contributed by atoms with Gasteiger partial charge in [0.1, 0.15) is 5.54 Å². The first-order chi connectivity index (χ1) is 24.7. The van der Waals surface area contributed by atoms with Gasteiger partial charge < -0.3 is 20.9 Å². The summed E-state index contributed by atoms with van der Waals surface area (Å²) < 4.78 is 5.44. The Morgan fingerprint density at radius 3 is 1.55 bits per heavy atom. The Bertz CT molecular complexity index is 1920. The number of nitrogens with two attached hydrogens (primary N) is 1. The van der Waals surface area contributed by atoms with Crippen molar-refractivity contribution in [3.8, 4) is 11.1 Å². The number of carboxylic acids is 1. The number of carbonyl (C=O) groups is 4. The monoisotopic (exact) mass is 699 g/mol. The highest BCUT2D eigenvalue weighted by Gasteiger charge is 2.67. The van der Waals surface area contributed by atoms with Crippen LogP contribution >= 0.6 is 12.6 Å². The Morgan fingerprint density at radius 2 is 1.16 bits per heavy atom. The number of amides is 2. The normalized spacial score (nSPS) is 13.9. The van der Waals surface area contributed by atoms with E-state index in [1.54, 1.807) is 91.0 Å². The molecule has 1 aliphatic rings. The molecule has 0 spiro atoms. The van der Waals surface area contributed by atoms with Gasteiger partial charge in [0.25, 0.3) is 5.54 Å². The maximum atomic E-state index is 15.3. The first-order valence-electron chi connectivity index (χ1n) is 16.4. The fourth-order valence-electron chi connectivity index (χ4n) is 7.48. The van der Waals surface area contributed by atoms with Crippen molar-refractivity contribution >= 4 is 36.4 Å². The van der Waals surface area contributed by atoms with Crippen LogP contribution in [-0.2, 0) is 29.5 Å². The number of nitrogens with zero attached hydrogens (tertiary/aromatic N) is 1. The Balaban J connectivity index is 1.78. The zero-order valence-corrected chi connectivity index (χ0v) is 28.7. The maximum Gasteiger partial charge on any atom is 0.344 e. The lowest BCUT2D eigenvalue weighted by molar-refractivity contribution is -0.180. The minimum Gasteiger partial charge on any atom is -0.479 e. The minimum atomic E-state index is -2.83. The Labute approximate surface area is 301 Å². The molecule has 1 unspecified atom stereocenters. The fraction of sp³-hybridized carbons (Fsp3) is 0.171. The zero-order chi connectivity index (χ0) is 36.2. The molecular formula is C41H37N3O6S. The average molecular weight is 700 g/mol. The molecule has 0 aromatic heterocycles. The number of aliphatic carboxylic acids is 1. The number of hydrogen-bond donors (Lipinski definition) is 4. The number of fused-ring (bicyclic) bond motifs is 3. The number of benzene rings is 5. The lowest BCUT2D eigenvalue weighted by Crippen LogP contribution is -2.74. The second-order valence-electron chi connectivity index (χ2n) is 12.2. The zero-order valence-electron chi connectivity index (χ0n) is 27.8. The summed E-state index contributed by atoms with van der Waals surface area (Å²) in [5, 5.41) is 12.8. The van der Waals surface area contributed by atoms with E-state index in [1.807, 2.05) is 48.5 Å². The lowest BCUT2D eigenvalue weighted by Gasteiger charge is -2.54. The molecule has 5 aromatic rings. The van der Waals surface area contributed by atoms with Crippen LogP contribution in [0.1, 0.15) is 33.7 Å². The predicted molar refractivity (Wildman–Crippen MR) is 197 cm³/mol. The SMILES string of the molecule is COC(=O)C(C(=O)O)([C@@H](S)C1c2ccccc2-c2ccccc21)N(C(=O)CNC(=O)CN)C(c1ccccc1)(c1ccccc1)c1ccccc1. The summed E-state index contributed by atoms with van der Waals surface area (Å²) in [6.07, 6.45) is 0. The summed E-state index contributed by atoms with van der Waals surface area (Å²) in [5.41, 5.74) is 5.57. The first kappa shape index (κ1) is 35.1. The quantitative estimate of drug-likeness (QED) is 0.0623. The summed E-state index contributed by atoms with van der Waals surface area (Å²) in [5.74, 6) is -5.22. The second kappa shape index (κ2) is 14.6. The Hall–Kier alpha value is -5.71. The highest BCUT2D eigenvalue weighted by molar-refractivity contribution is 7.81. The van der Waals surface area contributed by atoms with Crippen LogP contribution in [0.25, 0.3) is 11.1 Å². The third kappa shape index (κ3) is 5.76. The molecule has 1 aliphatic carbocycles. The summed E-state index contributed by atoms with van der Waals surface area (Å²) in [6.45, 7) is -1.10. The van der Waals surface area contributed by atoms with E-state index in [-0.39, 0.29) is 0 Å². The molecule has 0 radical (unpaired) electrons. The molecule has 0 fully saturated rings. The minimum absolute atomic E-state index is 0.416. The molecule has 4 N–H and O–H groups in total. The molecule has 0 saturated heterocycles. The van der Waals surface area contributed by atoms with Gasteiger partial charge in [0, 0.05) is 5.92 Å². The summed E-state index contributed by atoms with van der Waals surface area (Å²) >= 11 is 5.14. The van der Waals surface area contributed by atoms with Gasteiger partial charge in [-0.2, -0.15) is 12.6 Å². The van der Waals surface area contributed by atoms with E-state index in [0.29, 0.717) is 16.7 Å². The summed E-state index contributed by atoms with van der Waals surface area (Å²) in [7, 11) is 1.09. The number of carboxylic acid groups (broad SMARTS) is 1. The van der Waals surface area contributed by atoms with Crippen molar-refractivity contribution in [3.63, 3.8) is 0 Å². The molecule has 0 heterocycles. The topological polar surface area (TPSA) is 139 Å². The summed E-state index contributed by atoms with van der Waals surface area (Å²) in [6, 6.07) is 41.8. The van der Waals surface area contributed by atoms with Crippen molar-refractivity contribution in [2.75, 3.05) is 20.2 Å². The van der Waals surface area contributed by atoms with Crippen molar-refractivity contribution in [1.29, 1.82) is 0 Å². The van der Waals surface area contributed by atoms with E-state index in [0.717, 1.165) is 34.3 Å². The van der Waals surface area contributed by atoms with Crippen LogP contribution in [0.4, 0.5) is 0 Å². The predicted octanol–water partition coefficient (Wildman–Crippen LogP) is 4.99. The fourth-order valence-corrected chi connectivity index (χ4v) is 8.14. The van der Waals surface area contributed by atoms with Crippen LogP contribution in [0.15, 0.2) is 140 Å². The van der Waals surface area contributed by atoms with Gasteiger partial charge in [-0.25, -0.2) is 9.59 Å². The number of hydrogen-bond acceptors (Lipinski definition) is 7. The number of ether oxygens (including phenoxy) is 1. The number of rotatable bonds is 12. The molecule has 5 aromatic carbocycles. The van der Waals surface area contributed by atoms with Gasteiger partial charge in [-0.1, -0.05) is 140 Å². The molecule has 0 saturated carbocycles. The van der Waals surface area contributed by atoms with Crippen LogP contribution < -0.4 is 11.1 Å². The number of esters is 1. The second-order valence-corrected chi connectivity index (χ2v) is 12.7. The first-order valence-corrected chi connectivity index (χ1v) is 16.9. The van der Waals surface area contributed by atoms with E-state index in [9.17, 15) is 19.5 Å². The molecule has 51 heavy (non-hydrogen) atoms. The Kier molecular flexibility index (Phi) is 10.1. The van der Waals surface area contributed by atoms with Crippen molar-refractivity contribution in [2.45, 2.75) is 22.2 Å². The van der Waals surface area contributed by atoms with Crippen LogP contribution in [0.2, 0.25) is 0 Å². The van der Waals surface area contributed by atoms with Crippen molar-refractivity contribution < 1.29 is 29.0 Å². The Morgan fingerprint density at radius 1 is 0.745 bits per heavy atom. The van der Waals surface area contributed by atoms with E-state index in [4.69, 9.17) is 23.1 Å². The average Bonchev–Trinajstić information content (AvgIpc) is 3.52. The maximum absolute atomic E-state index is 15.3. The molecular weight excluding hydrogens is 663 g/mol. The number of carbonyl (C=O) groups excluding carboxylic acids is 3. The number of thiol groups is 1. The summed E-state index contributed by atoms with van der Waals surface area (Å²) in [4.78, 5) is 58.2. The molecule has 0 bridgehead atoms. The highest BCUT2D eigenvalue weighted by atomic mass is 32.1. The molecule has 258 valence electrons. The van der Waals surface area contributed by atoms with E-state index < -0.39 is 59.1 Å². The van der Waals surface area contributed by atoms with Crippen LogP contribution in [0, 0.1) is 0 Å². The number of nitrogens with one attached hydrogen (secondary N) is 1. The third-order valence-corrected chi connectivity index (χ3v) is 10.3. The highest BCUT2D eigenvalue weighted by Crippen LogP contribution is 2.54. The molecule has 6 rings (SSSR count). The number of methoxy groups -OCH3 is 1. The molecule has 0 aliphatic heterocycles. The molecule has 2 amide bonds. The lowest BCUT2D eigenvalue weighted by atomic mass is 9.70. The van der Waals surface area contributed by atoms with Gasteiger partial charge >= 0.3 is 11.9 Å². The van der Waals surface area contributed by atoms with Gasteiger partial charge in [0.15, 0.2) is 0 Å². The van der Waals surface area contributed by atoms with Crippen LogP contribution in [0.5, 0.6) is 0 Å². The smallest absolute Gasteiger partial charge is 0.344 e. The van der Waals surface area contributed by atoms with Crippen molar-refractivity contribution in [3.05, 3.63) is 167 Å². The molecule has 10 heteroatoms. The van der Waals surface area contributed by atoms with Gasteiger partial charge in [-0.3, -0.25) is 14.5 Å². The van der Waals surface area contributed by atoms with Crippen LogP contribution in [-0.4, -0.2) is 64.7 Å². The van der Waals surface area contributed by atoms with Crippen molar-refractivity contribution in [2.24, 2.45) is 5.73 Å². The van der Waals surface area contributed by atoms with Crippen LogP contribution in [0.3, 0.4) is 0 Å². The van der Waals surface area contributed by atoms with Gasteiger partial charge in [-0.15, -0.1) is 0 Å². The van der Waals surface area contributed by atoms with Gasteiger partial charge in [0.2, 0.25) is 11.8 Å². The van der Waals surface area contributed by atoms with Gasteiger partial charge in [0.05, 0.1) is 25.4 Å². The molecule has 2 atom stereocenters. The van der Waals surface area contributed by atoms with E-state index in [2.05, 4.69) is 5.32 Å². The van der Waals surface area contributed by atoms with Gasteiger partial charge in [-0.05, 0) is 38.9 Å². The largest absolute Gasteiger partial charge is 0.479 e. The van der Waals surface area contributed by atoms with E-state index in [1.165, 1.54) is 0 Å². The molecule has 9 nitrogen and oxygen atoms in total.